The van der Waals surface area contributed by atoms with E-state index in [2.05, 4.69) is 21.8 Å². The molecule has 0 saturated carbocycles. The molecule has 0 bridgehead atoms. The number of aromatic nitrogens is 4. The molecule has 54 heavy (non-hydrogen) atoms. The van der Waals surface area contributed by atoms with Crippen molar-refractivity contribution in [3.63, 3.8) is 0 Å². The predicted octanol–water partition coefficient (Wildman–Crippen LogP) is 6.24. The molecule has 0 radical (unpaired) electrons. The van der Waals surface area contributed by atoms with Crippen LogP contribution < -0.4 is 15.4 Å². The molecule has 4 aliphatic rings. The third-order valence-electron chi connectivity index (χ3n) is 10.6. The van der Waals surface area contributed by atoms with Gasteiger partial charge in [0.25, 0.3) is 12.0 Å². The lowest BCUT2D eigenvalue weighted by Gasteiger charge is -2.33. The van der Waals surface area contributed by atoms with Crippen LogP contribution in [0.4, 0.5) is 33.5 Å². The van der Waals surface area contributed by atoms with Gasteiger partial charge in [-0.2, -0.15) is 37.0 Å². The highest BCUT2D eigenvalue weighted by molar-refractivity contribution is 6.34. The van der Waals surface area contributed by atoms with Gasteiger partial charge in [-0.15, -0.1) is 5.92 Å². The largest absolute Gasteiger partial charge is 0.461 e. The van der Waals surface area contributed by atoms with E-state index in [4.69, 9.17) is 36.8 Å². The van der Waals surface area contributed by atoms with E-state index in [0.29, 0.717) is 55.2 Å². The van der Waals surface area contributed by atoms with Crippen molar-refractivity contribution in [2.45, 2.75) is 76.5 Å². The number of carbonyl (C=O) groups excluding carboxylic acids is 1. The summed E-state index contributed by atoms with van der Waals surface area (Å²) in [6.07, 6.45) is -3.85. The topological polar surface area (TPSA) is 115 Å². The molecule has 6 heterocycles. The summed E-state index contributed by atoms with van der Waals surface area (Å²) in [5.41, 5.74) is 6.15. The van der Waals surface area contributed by atoms with Crippen molar-refractivity contribution in [1.29, 1.82) is 0 Å². The average molecular weight is 775 g/mol. The van der Waals surface area contributed by atoms with Gasteiger partial charge in [0.2, 0.25) is 0 Å². The predicted molar refractivity (Wildman–Crippen MR) is 190 cm³/mol. The van der Waals surface area contributed by atoms with Crippen molar-refractivity contribution in [2.75, 3.05) is 51.0 Å². The first kappa shape index (κ1) is 37.8. The molecule has 3 atom stereocenters. The summed E-state index contributed by atoms with van der Waals surface area (Å²) < 4.78 is 84.6. The van der Waals surface area contributed by atoms with E-state index in [0.717, 1.165) is 25.5 Å². The van der Waals surface area contributed by atoms with Gasteiger partial charge >= 0.3 is 12.2 Å². The molecule has 2 N–H and O–H groups in total. The van der Waals surface area contributed by atoms with Crippen molar-refractivity contribution in [3.05, 3.63) is 68.6 Å². The molecule has 1 amide bonds. The maximum atomic E-state index is 14.6. The van der Waals surface area contributed by atoms with Gasteiger partial charge in [-0.25, -0.2) is 0 Å². The Morgan fingerprint density at radius 2 is 2.00 bits per heavy atom. The number of anilines is 2. The van der Waals surface area contributed by atoms with E-state index in [-0.39, 0.29) is 71.5 Å². The molecule has 11 nitrogen and oxygen atoms in total. The Bertz CT molecular complexity index is 2060. The van der Waals surface area contributed by atoms with Crippen LogP contribution in [0.2, 0.25) is 5.02 Å². The number of rotatable bonds is 7. The van der Waals surface area contributed by atoms with E-state index in [1.807, 2.05) is 4.90 Å². The molecular weight excluding hydrogens is 735 g/mol. The Hall–Kier alpha value is -4.46. The number of benzene rings is 1. The third-order valence-corrected chi connectivity index (χ3v) is 11.0. The zero-order valence-electron chi connectivity index (χ0n) is 30.1. The number of ether oxygens (including phenoxy) is 2. The van der Waals surface area contributed by atoms with Crippen LogP contribution in [0.3, 0.4) is 0 Å². The van der Waals surface area contributed by atoms with Crippen LogP contribution >= 0.6 is 11.6 Å². The number of nitrogens with zero attached hydrogens (tertiary/aromatic N) is 7. The summed E-state index contributed by atoms with van der Waals surface area (Å²) in [5, 5.41) is 4.73. The van der Waals surface area contributed by atoms with Crippen molar-refractivity contribution >= 4 is 29.0 Å². The van der Waals surface area contributed by atoms with Crippen LogP contribution in [0.25, 0.3) is 0 Å². The van der Waals surface area contributed by atoms with E-state index >= 15 is 0 Å². The summed E-state index contributed by atoms with van der Waals surface area (Å²) >= 11 is 6.78. The second kappa shape index (κ2) is 14.6. The number of carbonyl (C=O) groups is 1. The fourth-order valence-corrected chi connectivity index (χ4v) is 8.59. The first-order valence-electron chi connectivity index (χ1n) is 17.7. The lowest BCUT2D eigenvalue weighted by Crippen LogP contribution is -2.43. The highest BCUT2D eigenvalue weighted by atomic mass is 35.5. The quantitative estimate of drug-likeness (QED) is 0.169. The van der Waals surface area contributed by atoms with Gasteiger partial charge in [0.1, 0.15) is 12.4 Å². The Morgan fingerprint density at radius 1 is 1.20 bits per heavy atom. The minimum atomic E-state index is -4.75. The fourth-order valence-electron chi connectivity index (χ4n) is 8.32. The number of hydrogen-bond acceptors (Lipinski definition) is 9. The number of alkyl halides is 3. The second-order valence-electron chi connectivity index (χ2n) is 14.5. The molecule has 2 aromatic heterocycles. The smallest absolute Gasteiger partial charge is 0.417 e. The van der Waals surface area contributed by atoms with Crippen LogP contribution in [-0.2, 0) is 37.0 Å². The fraction of sp³-hybridized carbons (Fsp3) is 0.514. The van der Waals surface area contributed by atoms with Gasteiger partial charge in [-0.3, -0.25) is 14.4 Å². The SMILES string of the molecule is CC#Cc1cc(N)cc(C2Cc3nc(OC[C@]45CCCN4C[C@@H](C=C(F)F)C5)nc(N4CCCn5nc(C(=O)N(C)C)c(Cl)c5C4)c3CO2)c1C(F)(F)F. The third kappa shape index (κ3) is 7.21. The first-order chi connectivity index (χ1) is 25.7. The molecule has 288 valence electrons. The maximum absolute atomic E-state index is 14.6. The molecule has 17 heteroatoms. The van der Waals surface area contributed by atoms with Crippen molar-refractivity contribution in [2.24, 2.45) is 5.92 Å². The molecule has 3 aromatic rings. The van der Waals surface area contributed by atoms with Gasteiger partial charge < -0.3 is 25.0 Å². The summed E-state index contributed by atoms with van der Waals surface area (Å²) in [5.74, 6) is 4.88. The minimum absolute atomic E-state index is 0.00905. The van der Waals surface area contributed by atoms with Crippen LogP contribution in [0.5, 0.6) is 6.01 Å². The molecule has 2 saturated heterocycles. The number of halogens is 6. The first-order valence-corrected chi connectivity index (χ1v) is 18.1. The Balaban J connectivity index is 1.27. The monoisotopic (exact) mass is 774 g/mol. The number of amides is 1. The molecule has 0 aliphatic carbocycles. The Kier molecular flexibility index (Phi) is 10.3. The second-order valence-corrected chi connectivity index (χ2v) is 14.8. The zero-order valence-corrected chi connectivity index (χ0v) is 30.8. The molecular formula is C37H40ClF5N8O3. The Morgan fingerprint density at radius 3 is 2.72 bits per heavy atom. The average Bonchev–Trinajstić information content (AvgIpc) is 3.68. The number of aryl methyl sites for hydroxylation is 1. The van der Waals surface area contributed by atoms with Crippen molar-refractivity contribution in [1.82, 2.24) is 29.5 Å². The molecule has 4 aliphatic heterocycles. The van der Waals surface area contributed by atoms with E-state index in [1.54, 1.807) is 18.8 Å². The van der Waals surface area contributed by atoms with Crippen molar-refractivity contribution < 1.29 is 36.2 Å². The Labute approximate surface area is 314 Å². The summed E-state index contributed by atoms with van der Waals surface area (Å²) in [6.45, 7) is 3.91. The lowest BCUT2D eigenvalue weighted by molar-refractivity contribution is -0.140. The van der Waals surface area contributed by atoms with Gasteiger partial charge in [0.05, 0.1) is 46.8 Å². The van der Waals surface area contributed by atoms with Crippen LogP contribution in [-0.4, -0.2) is 81.3 Å². The molecule has 7 rings (SSSR count). The number of nitrogen functional groups attached to an aromatic ring is 1. The van der Waals surface area contributed by atoms with E-state index in [1.165, 1.54) is 24.0 Å². The van der Waals surface area contributed by atoms with Gasteiger partial charge in [0, 0.05) is 57.0 Å². The minimum Gasteiger partial charge on any atom is -0.461 e. The van der Waals surface area contributed by atoms with E-state index in [9.17, 15) is 26.7 Å². The maximum Gasteiger partial charge on any atom is 0.417 e. The number of nitrogens with two attached hydrogens (primary N) is 1. The molecule has 2 fully saturated rings. The van der Waals surface area contributed by atoms with E-state index < -0.39 is 29.5 Å². The highest BCUT2D eigenvalue weighted by Gasteiger charge is 2.49. The standard InChI is InChI=1S/C37H40ClF5N8O3/c1-4-7-22-13-23(44)14-24(30(22)37(41,42)43)28-15-26-25(19-53-28)33(49-9-6-11-51-27(18-49)31(38)32(47-51)34(52)48(2)3)46-35(45-26)54-20-36-8-5-10-50(36)17-21(16-36)12-29(39)40/h12-14,21,28H,5-6,8-11,15-20,44H2,1-3H3/t21-,28?,36+/m0/s1. The zero-order chi connectivity index (χ0) is 38.5. The molecule has 1 aromatic carbocycles. The van der Waals surface area contributed by atoms with Crippen molar-refractivity contribution in [3.8, 4) is 17.9 Å². The normalized spacial score (nSPS) is 22.4. The summed E-state index contributed by atoms with van der Waals surface area (Å²) in [6, 6.07) is 2.48. The van der Waals surface area contributed by atoms with Gasteiger partial charge in [-0.05, 0) is 68.8 Å². The number of hydrogen-bond donors (Lipinski definition) is 1. The number of fused-ring (bicyclic) bond motifs is 3. The lowest BCUT2D eigenvalue weighted by atomic mass is 9.91. The molecule has 1 unspecified atom stereocenters. The van der Waals surface area contributed by atoms with Gasteiger partial charge in [-0.1, -0.05) is 17.5 Å². The summed E-state index contributed by atoms with van der Waals surface area (Å²) in [4.78, 5) is 28.0. The highest BCUT2D eigenvalue weighted by Crippen LogP contribution is 2.45. The van der Waals surface area contributed by atoms with Crippen LogP contribution in [0, 0.1) is 17.8 Å². The van der Waals surface area contributed by atoms with Gasteiger partial charge in [0.15, 0.2) is 5.69 Å². The summed E-state index contributed by atoms with van der Waals surface area (Å²) in [7, 11) is 3.23. The van der Waals surface area contributed by atoms with Crippen LogP contribution in [0.1, 0.15) is 82.8 Å². The molecule has 0 spiro atoms. The van der Waals surface area contributed by atoms with Crippen LogP contribution in [0.15, 0.2) is 24.3 Å².